The van der Waals surface area contributed by atoms with E-state index in [1.54, 1.807) is 19.9 Å². The zero-order valence-electron chi connectivity index (χ0n) is 19.4. The Labute approximate surface area is 197 Å². The number of Topliss-reactive ketones (excluding diaryl/α,β-unsaturated/α-hetero) is 1. The van der Waals surface area contributed by atoms with Crippen LogP contribution in [0, 0.1) is 11.8 Å². The van der Waals surface area contributed by atoms with Crippen molar-refractivity contribution in [1.82, 2.24) is 14.9 Å². The molecule has 0 aromatic heterocycles. The van der Waals surface area contributed by atoms with Gasteiger partial charge in [-0.25, -0.2) is 8.42 Å². The number of rotatable bonds is 9. The summed E-state index contributed by atoms with van der Waals surface area (Å²) >= 11 is 0. The third-order valence-electron chi connectivity index (χ3n) is 5.63. The quantitative estimate of drug-likeness (QED) is 0.535. The third-order valence-corrected chi connectivity index (χ3v) is 7.09. The van der Waals surface area contributed by atoms with E-state index in [4.69, 9.17) is 0 Å². The number of amides is 2. The molecule has 0 bridgehead atoms. The smallest absolute Gasteiger partial charge is 0.344 e. The van der Waals surface area contributed by atoms with Gasteiger partial charge in [-0.3, -0.25) is 14.4 Å². The normalized spacial score (nSPS) is 18.7. The molecule has 1 aliphatic rings. The van der Waals surface area contributed by atoms with Crippen LogP contribution < -0.4 is 10.0 Å². The molecule has 1 unspecified atom stereocenters. The average Bonchev–Trinajstić information content (AvgIpc) is 3.24. The van der Waals surface area contributed by atoms with E-state index in [1.165, 1.54) is 43.0 Å². The molecule has 2 amide bonds. The van der Waals surface area contributed by atoms with Gasteiger partial charge in [0.2, 0.25) is 21.8 Å². The first-order valence-electron chi connectivity index (χ1n) is 11.0. The van der Waals surface area contributed by atoms with Gasteiger partial charge in [-0.15, -0.1) is 0 Å². The summed E-state index contributed by atoms with van der Waals surface area (Å²) in [7, 11) is -4.04. The topological polar surface area (TPSA) is 113 Å². The second-order valence-corrected chi connectivity index (χ2v) is 10.7. The van der Waals surface area contributed by atoms with Gasteiger partial charge in [0.15, 0.2) is 0 Å². The van der Waals surface area contributed by atoms with Crippen molar-refractivity contribution >= 4 is 27.6 Å². The Balaban J connectivity index is 2.23. The monoisotopic (exact) mass is 505 g/mol. The van der Waals surface area contributed by atoms with Gasteiger partial charge in [0.25, 0.3) is 5.78 Å². The van der Waals surface area contributed by atoms with Crippen LogP contribution in [0.1, 0.15) is 40.5 Å². The molecule has 0 radical (unpaired) electrons. The number of carbonyl (C=O) groups is 3. The number of sulfonamides is 1. The molecule has 1 saturated heterocycles. The van der Waals surface area contributed by atoms with Crippen molar-refractivity contribution in [2.75, 3.05) is 6.54 Å². The van der Waals surface area contributed by atoms with Gasteiger partial charge >= 0.3 is 6.18 Å². The molecular weight excluding hydrogens is 475 g/mol. The molecule has 1 aliphatic heterocycles. The molecule has 190 valence electrons. The summed E-state index contributed by atoms with van der Waals surface area (Å²) in [6.07, 6.45) is -4.54. The standard InChI is InChI=1S/C22H30F3N3O5S/c1-13(2)17(19(29)22(23,24)25)26-20(30)16-11-8-12-28(16)21(31)18(14(3)4)27-34(32,33)15-9-6-5-7-10-15/h5-7,9-10,13-14,16-18,27H,8,11-12H2,1-4H3,(H,26,30)/t16-,17?,18-/m0/s1. The number of benzene rings is 1. The van der Waals surface area contributed by atoms with Crippen LogP contribution in [-0.4, -0.2) is 61.8 Å². The SMILES string of the molecule is CC(C)C(NC(=O)[C@@H]1CCCN1C(=O)[C@@H](NS(=O)(=O)c1ccccc1)C(C)C)C(=O)C(F)(F)F. The molecular formula is C22H30F3N3O5S. The van der Waals surface area contributed by atoms with Gasteiger partial charge < -0.3 is 10.2 Å². The lowest BCUT2D eigenvalue weighted by atomic mass is 9.98. The van der Waals surface area contributed by atoms with E-state index < -0.39 is 63.8 Å². The molecule has 3 atom stereocenters. The molecule has 1 heterocycles. The highest BCUT2D eigenvalue weighted by Gasteiger charge is 2.46. The lowest BCUT2D eigenvalue weighted by Gasteiger charge is -2.31. The minimum Gasteiger partial charge on any atom is -0.344 e. The molecule has 8 nitrogen and oxygen atoms in total. The van der Waals surface area contributed by atoms with Gasteiger partial charge in [-0.2, -0.15) is 17.9 Å². The number of hydrogen-bond acceptors (Lipinski definition) is 5. The van der Waals surface area contributed by atoms with Crippen molar-refractivity contribution in [3.8, 4) is 0 Å². The first kappa shape index (κ1) is 27.8. The van der Waals surface area contributed by atoms with E-state index in [-0.39, 0.29) is 17.9 Å². The minimum absolute atomic E-state index is 0.0328. The summed E-state index contributed by atoms with van der Waals surface area (Å²) in [5.74, 6) is -4.91. The second kappa shape index (κ2) is 10.9. The van der Waals surface area contributed by atoms with E-state index in [1.807, 2.05) is 0 Å². The van der Waals surface area contributed by atoms with Gasteiger partial charge in [0.1, 0.15) is 12.1 Å². The van der Waals surface area contributed by atoms with Gasteiger partial charge in [0.05, 0.1) is 10.9 Å². The first-order valence-corrected chi connectivity index (χ1v) is 12.4. The van der Waals surface area contributed by atoms with Crippen LogP contribution in [0.15, 0.2) is 35.2 Å². The number of hydrogen-bond donors (Lipinski definition) is 2. The zero-order chi connectivity index (χ0) is 25.8. The van der Waals surface area contributed by atoms with Gasteiger partial charge in [-0.05, 0) is 36.8 Å². The van der Waals surface area contributed by atoms with Gasteiger partial charge in [-0.1, -0.05) is 45.9 Å². The highest BCUT2D eigenvalue weighted by molar-refractivity contribution is 7.89. The highest BCUT2D eigenvalue weighted by Crippen LogP contribution is 2.24. The molecule has 2 rings (SSSR count). The maximum atomic E-state index is 13.3. The molecule has 0 saturated carbocycles. The fourth-order valence-corrected chi connectivity index (χ4v) is 5.11. The summed E-state index contributed by atoms with van der Waals surface area (Å²) in [4.78, 5) is 39.0. The van der Waals surface area contributed by atoms with Crippen molar-refractivity contribution in [3.63, 3.8) is 0 Å². The third kappa shape index (κ3) is 6.56. The summed E-state index contributed by atoms with van der Waals surface area (Å²) in [6, 6.07) is 3.37. The molecule has 1 aromatic rings. The van der Waals surface area contributed by atoms with Crippen LogP contribution in [-0.2, 0) is 24.4 Å². The number of alkyl halides is 3. The van der Waals surface area contributed by atoms with E-state index >= 15 is 0 Å². The lowest BCUT2D eigenvalue weighted by molar-refractivity contribution is -0.175. The van der Waals surface area contributed by atoms with Crippen molar-refractivity contribution in [1.29, 1.82) is 0 Å². The number of nitrogens with one attached hydrogen (secondary N) is 2. The predicted molar refractivity (Wildman–Crippen MR) is 118 cm³/mol. The number of nitrogens with zero attached hydrogens (tertiary/aromatic N) is 1. The minimum atomic E-state index is -5.12. The van der Waals surface area contributed by atoms with Crippen LogP contribution in [0.2, 0.25) is 0 Å². The fourth-order valence-electron chi connectivity index (χ4n) is 3.75. The Hall–Kier alpha value is -2.47. The summed E-state index contributed by atoms with van der Waals surface area (Å²) < 4.78 is 66.8. The average molecular weight is 506 g/mol. The first-order chi connectivity index (χ1) is 15.7. The number of likely N-dealkylation sites (tertiary alicyclic amines) is 1. The molecule has 1 fully saturated rings. The Morgan fingerprint density at radius 3 is 2.06 bits per heavy atom. The van der Waals surface area contributed by atoms with Crippen molar-refractivity contribution in [2.24, 2.45) is 11.8 Å². The maximum absolute atomic E-state index is 13.3. The Morgan fingerprint density at radius 2 is 1.56 bits per heavy atom. The van der Waals surface area contributed by atoms with Crippen molar-refractivity contribution < 1.29 is 36.0 Å². The molecule has 0 spiro atoms. The molecule has 2 N–H and O–H groups in total. The number of ketones is 1. The molecule has 34 heavy (non-hydrogen) atoms. The lowest BCUT2D eigenvalue weighted by Crippen LogP contribution is -2.58. The highest BCUT2D eigenvalue weighted by atomic mass is 32.2. The summed E-state index contributed by atoms with van der Waals surface area (Å²) in [5.41, 5.74) is 0. The number of carbonyl (C=O) groups excluding carboxylic acids is 3. The maximum Gasteiger partial charge on any atom is 0.452 e. The molecule has 0 aliphatic carbocycles. The molecule has 1 aromatic carbocycles. The number of halogens is 3. The van der Waals surface area contributed by atoms with E-state index in [0.717, 1.165) is 0 Å². The van der Waals surface area contributed by atoms with Crippen LogP contribution in [0.3, 0.4) is 0 Å². The second-order valence-electron chi connectivity index (χ2n) is 8.94. The predicted octanol–water partition coefficient (Wildman–Crippen LogP) is 2.25. The summed E-state index contributed by atoms with van der Waals surface area (Å²) in [5, 5.41) is 2.15. The van der Waals surface area contributed by atoms with Crippen LogP contribution in [0.25, 0.3) is 0 Å². The molecule has 12 heteroatoms. The van der Waals surface area contributed by atoms with E-state index in [9.17, 15) is 36.0 Å². The van der Waals surface area contributed by atoms with Crippen LogP contribution in [0.5, 0.6) is 0 Å². The zero-order valence-corrected chi connectivity index (χ0v) is 20.2. The van der Waals surface area contributed by atoms with Crippen molar-refractivity contribution in [3.05, 3.63) is 30.3 Å². The Kier molecular flexibility index (Phi) is 8.86. The van der Waals surface area contributed by atoms with Crippen LogP contribution in [0.4, 0.5) is 13.2 Å². The Morgan fingerprint density at radius 1 is 1.00 bits per heavy atom. The van der Waals surface area contributed by atoms with Gasteiger partial charge in [0, 0.05) is 6.54 Å². The fraction of sp³-hybridized carbons (Fsp3) is 0.591. The Bertz CT molecular complexity index is 997. The summed E-state index contributed by atoms with van der Waals surface area (Å²) in [6.45, 7) is 6.15. The van der Waals surface area contributed by atoms with E-state index in [0.29, 0.717) is 6.42 Å². The van der Waals surface area contributed by atoms with E-state index in [2.05, 4.69) is 10.0 Å². The largest absolute Gasteiger partial charge is 0.452 e. The van der Waals surface area contributed by atoms with Crippen molar-refractivity contribution in [2.45, 2.75) is 69.7 Å². The van der Waals surface area contributed by atoms with Crippen LogP contribution >= 0.6 is 0 Å².